The molecule has 2 saturated heterocycles. The van der Waals surface area contributed by atoms with Gasteiger partial charge in [-0.25, -0.2) is 14.8 Å². The molecular formula is C16H24N6O2. The maximum atomic E-state index is 12.3. The zero-order valence-corrected chi connectivity index (χ0v) is 13.9. The Labute approximate surface area is 141 Å². The number of carbonyl (C=O) groups excluding carboxylic acids is 2. The van der Waals surface area contributed by atoms with E-state index < -0.39 is 0 Å². The van der Waals surface area contributed by atoms with E-state index in [1.165, 1.54) is 0 Å². The van der Waals surface area contributed by atoms with E-state index in [9.17, 15) is 9.59 Å². The molecule has 0 aromatic carbocycles. The van der Waals surface area contributed by atoms with Crippen LogP contribution >= 0.6 is 0 Å². The molecule has 0 spiro atoms. The molecule has 0 saturated carbocycles. The Morgan fingerprint density at radius 1 is 0.958 bits per heavy atom. The lowest BCUT2D eigenvalue weighted by atomic mass is 10.3. The molecule has 8 heteroatoms. The van der Waals surface area contributed by atoms with Crippen molar-refractivity contribution in [2.75, 3.05) is 50.7 Å². The number of carbonyl (C=O) groups is 2. The van der Waals surface area contributed by atoms with Crippen LogP contribution in [0.3, 0.4) is 0 Å². The molecule has 0 unspecified atom stereocenters. The molecule has 1 aromatic heterocycles. The molecule has 8 nitrogen and oxygen atoms in total. The van der Waals surface area contributed by atoms with Crippen molar-refractivity contribution in [1.29, 1.82) is 0 Å². The minimum atomic E-state index is -0.0497. The van der Waals surface area contributed by atoms with Gasteiger partial charge in [0.05, 0.1) is 0 Å². The molecule has 2 aliphatic rings. The number of nitrogens with zero attached hydrogens (tertiary/aromatic N) is 5. The molecule has 1 N–H and O–H groups in total. The Hall–Kier alpha value is -2.38. The second-order valence-corrected chi connectivity index (χ2v) is 6.09. The van der Waals surface area contributed by atoms with Crippen molar-refractivity contribution in [3.8, 4) is 0 Å². The molecule has 0 aliphatic carbocycles. The van der Waals surface area contributed by atoms with Crippen LogP contribution in [0.25, 0.3) is 0 Å². The van der Waals surface area contributed by atoms with E-state index in [0.717, 1.165) is 39.0 Å². The molecule has 0 radical (unpaired) electrons. The smallest absolute Gasteiger partial charge is 0.317 e. The lowest BCUT2D eigenvalue weighted by molar-refractivity contribution is -0.131. The van der Waals surface area contributed by atoms with E-state index in [1.54, 1.807) is 18.5 Å². The van der Waals surface area contributed by atoms with Crippen molar-refractivity contribution in [2.45, 2.75) is 19.3 Å². The van der Waals surface area contributed by atoms with E-state index in [1.807, 2.05) is 9.80 Å². The third-order valence-corrected chi connectivity index (χ3v) is 4.48. The predicted octanol–water partition coefficient (Wildman–Crippen LogP) is 0.321. The standard InChI is InChI=1S/C16H24N6O2/c23-14(4-7-19-16(24)22-8-1-2-9-22)20-10-12-21(13-11-20)15-17-5-3-6-18-15/h3,5-6H,1-2,4,7-13H2,(H,19,24). The Balaban J connectivity index is 1.37. The van der Waals surface area contributed by atoms with Crippen LogP contribution in [-0.4, -0.2) is 77.5 Å². The van der Waals surface area contributed by atoms with Crippen LogP contribution in [-0.2, 0) is 4.79 Å². The second kappa shape index (κ2) is 7.94. The summed E-state index contributed by atoms with van der Waals surface area (Å²) < 4.78 is 0. The van der Waals surface area contributed by atoms with Crippen LogP contribution in [0.4, 0.5) is 10.7 Å². The van der Waals surface area contributed by atoms with Gasteiger partial charge in [0.25, 0.3) is 0 Å². The zero-order chi connectivity index (χ0) is 16.8. The molecule has 24 heavy (non-hydrogen) atoms. The van der Waals surface area contributed by atoms with Crippen molar-refractivity contribution < 1.29 is 9.59 Å². The van der Waals surface area contributed by atoms with Crippen molar-refractivity contribution in [3.63, 3.8) is 0 Å². The first-order valence-electron chi connectivity index (χ1n) is 8.56. The summed E-state index contributed by atoms with van der Waals surface area (Å²) in [6.07, 6.45) is 5.94. The zero-order valence-electron chi connectivity index (χ0n) is 13.9. The minimum Gasteiger partial charge on any atom is -0.339 e. The molecular weight excluding hydrogens is 308 g/mol. The molecule has 1 aromatic rings. The Morgan fingerprint density at radius 2 is 1.62 bits per heavy atom. The highest BCUT2D eigenvalue weighted by molar-refractivity contribution is 5.78. The fourth-order valence-corrected chi connectivity index (χ4v) is 3.08. The fourth-order valence-electron chi connectivity index (χ4n) is 3.08. The van der Waals surface area contributed by atoms with Gasteiger partial charge in [-0.3, -0.25) is 4.79 Å². The summed E-state index contributed by atoms with van der Waals surface area (Å²) in [5.41, 5.74) is 0. The SMILES string of the molecule is O=C(CCNC(=O)N1CCCC1)N1CCN(c2ncccn2)CC1. The minimum absolute atomic E-state index is 0.0497. The van der Waals surface area contributed by atoms with Crippen LogP contribution in [0.5, 0.6) is 0 Å². The summed E-state index contributed by atoms with van der Waals surface area (Å²) in [6.45, 7) is 4.84. The normalized spacial score (nSPS) is 17.9. The number of hydrogen-bond donors (Lipinski definition) is 1. The van der Waals surface area contributed by atoms with Gasteiger partial charge in [0, 0.05) is 64.6 Å². The highest BCUT2D eigenvalue weighted by Gasteiger charge is 2.23. The average molecular weight is 332 g/mol. The highest BCUT2D eigenvalue weighted by atomic mass is 16.2. The number of amides is 3. The van der Waals surface area contributed by atoms with Crippen molar-refractivity contribution in [2.24, 2.45) is 0 Å². The van der Waals surface area contributed by atoms with E-state index in [4.69, 9.17) is 0 Å². The average Bonchev–Trinajstić information content (AvgIpc) is 3.17. The number of likely N-dealkylation sites (tertiary alicyclic amines) is 1. The van der Waals surface area contributed by atoms with Crippen LogP contribution < -0.4 is 10.2 Å². The molecule has 2 fully saturated rings. The number of piperazine rings is 1. The Bertz CT molecular complexity index is 553. The van der Waals surface area contributed by atoms with Crippen molar-refractivity contribution >= 4 is 17.9 Å². The largest absolute Gasteiger partial charge is 0.339 e. The molecule has 3 heterocycles. The first kappa shape index (κ1) is 16.5. The molecule has 130 valence electrons. The first-order chi connectivity index (χ1) is 11.7. The summed E-state index contributed by atoms with van der Waals surface area (Å²) in [5, 5.41) is 2.84. The number of nitrogens with one attached hydrogen (secondary N) is 1. The molecule has 2 aliphatic heterocycles. The molecule has 0 bridgehead atoms. The van der Waals surface area contributed by atoms with Gasteiger partial charge < -0.3 is 20.0 Å². The summed E-state index contributed by atoms with van der Waals surface area (Å²) in [7, 11) is 0. The van der Waals surface area contributed by atoms with Crippen LogP contribution in [0.15, 0.2) is 18.5 Å². The van der Waals surface area contributed by atoms with E-state index in [-0.39, 0.29) is 11.9 Å². The van der Waals surface area contributed by atoms with Crippen LogP contribution in [0, 0.1) is 0 Å². The van der Waals surface area contributed by atoms with Gasteiger partial charge in [0.1, 0.15) is 0 Å². The van der Waals surface area contributed by atoms with Gasteiger partial charge in [0.15, 0.2) is 0 Å². The van der Waals surface area contributed by atoms with Gasteiger partial charge in [0.2, 0.25) is 11.9 Å². The second-order valence-electron chi connectivity index (χ2n) is 6.09. The van der Waals surface area contributed by atoms with E-state index in [0.29, 0.717) is 32.0 Å². The lowest BCUT2D eigenvalue weighted by Crippen LogP contribution is -2.50. The van der Waals surface area contributed by atoms with Gasteiger partial charge in [-0.1, -0.05) is 0 Å². The summed E-state index contributed by atoms with van der Waals surface area (Å²) >= 11 is 0. The van der Waals surface area contributed by atoms with Gasteiger partial charge >= 0.3 is 6.03 Å². The van der Waals surface area contributed by atoms with Gasteiger partial charge in [-0.05, 0) is 18.9 Å². The quantitative estimate of drug-likeness (QED) is 0.859. The number of anilines is 1. The van der Waals surface area contributed by atoms with E-state index >= 15 is 0 Å². The number of hydrogen-bond acceptors (Lipinski definition) is 5. The van der Waals surface area contributed by atoms with Gasteiger partial charge in [-0.2, -0.15) is 0 Å². The topological polar surface area (TPSA) is 81.7 Å². The Kier molecular flexibility index (Phi) is 5.45. The number of rotatable bonds is 4. The molecule has 0 atom stereocenters. The maximum Gasteiger partial charge on any atom is 0.317 e. The summed E-state index contributed by atoms with van der Waals surface area (Å²) in [6, 6.07) is 1.74. The monoisotopic (exact) mass is 332 g/mol. The van der Waals surface area contributed by atoms with Crippen LogP contribution in [0.2, 0.25) is 0 Å². The maximum absolute atomic E-state index is 12.3. The predicted molar refractivity (Wildman–Crippen MR) is 89.6 cm³/mol. The third kappa shape index (κ3) is 4.12. The van der Waals surface area contributed by atoms with Crippen LogP contribution in [0.1, 0.15) is 19.3 Å². The van der Waals surface area contributed by atoms with Crippen molar-refractivity contribution in [3.05, 3.63) is 18.5 Å². The van der Waals surface area contributed by atoms with E-state index in [2.05, 4.69) is 20.2 Å². The number of urea groups is 1. The third-order valence-electron chi connectivity index (χ3n) is 4.48. The molecule has 3 amide bonds. The van der Waals surface area contributed by atoms with Gasteiger partial charge in [-0.15, -0.1) is 0 Å². The highest BCUT2D eigenvalue weighted by Crippen LogP contribution is 2.10. The summed E-state index contributed by atoms with van der Waals surface area (Å²) in [4.78, 5) is 38.3. The molecule has 3 rings (SSSR count). The van der Waals surface area contributed by atoms with Crippen molar-refractivity contribution in [1.82, 2.24) is 25.1 Å². The summed E-state index contributed by atoms with van der Waals surface area (Å²) in [5.74, 6) is 0.799. The fraction of sp³-hybridized carbons (Fsp3) is 0.625. The number of aromatic nitrogens is 2. The Morgan fingerprint density at radius 3 is 2.29 bits per heavy atom. The lowest BCUT2D eigenvalue weighted by Gasteiger charge is -2.34. The first-order valence-corrected chi connectivity index (χ1v) is 8.56.